The first-order chi connectivity index (χ1) is 9.59. The molecule has 0 aliphatic heterocycles. The van der Waals surface area contributed by atoms with Crippen molar-refractivity contribution in [2.45, 2.75) is 26.7 Å². The number of carbonyl (C=O) groups excluding carboxylic acids is 1. The van der Waals surface area contributed by atoms with E-state index in [9.17, 15) is 9.90 Å². The minimum atomic E-state index is -0.484. The van der Waals surface area contributed by atoms with Crippen LogP contribution in [0.15, 0.2) is 24.3 Å². The first kappa shape index (κ1) is 16.3. The number of aliphatic hydroxyl groups is 1. The van der Waals surface area contributed by atoms with E-state index >= 15 is 0 Å². The molecule has 0 atom stereocenters. The third-order valence-corrected chi connectivity index (χ3v) is 3.82. The summed E-state index contributed by atoms with van der Waals surface area (Å²) in [6, 6.07) is 7.38. The summed E-state index contributed by atoms with van der Waals surface area (Å²) in [5, 5.41) is 15.4. The van der Waals surface area contributed by atoms with Gasteiger partial charge >= 0.3 is 6.09 Å². The maximum absolute atomic E-state index is 11.1. The number of aliphatic hydroxyl groups excluding tert-OH is 1. The van der Waals surface area contributed by atoms with E-state index in [2.05, 4.69) is 29.2 Å². The third kappa shape index (κ3) is 4.42. The molecule has 0 radical (unpaired) electrons. The molecule has 0 saturated carbocycles. The lowest BCUT2D eigenvalue weighted by molar-refractivity contribution is 0.127. The van der Waals surface area contributed by atoms with Crippen LogP contribution in [0.25, 0.3) is 0 Å². The summed E-state index contributed by atoms with van der Waals surface area (Å²) in [4.78, 5) is 11.1. The summed E-state index contributed by atoms with van der Waals surface area (Å²) in [5.41, 5.74) is 1.56. The zero-order valence-electron chi connectivity index (χ0n) is 12.4. The van der Waals surface area contributed by atoms with Crippen LogP contribution < -0.4 is 10.6 Å². The highest BCUT2D eigenvalue weighted by atomic mass is 16.5. The van der Waals surface area contributed by atoms with E-state index in [0.717, 1.165) is 25.1 Å². The first-order valence-corrected chi connectivity index (χ1v) is 6.89. The maximum atomic E-state index is 11.1. The molecule has 1 aromatic rings. The standard InChI is InChI=1S/C15H24N2O3/c1-4-15(5-2,11-18)10-16-12-6-8-13(9-7-12)17-14(19)20-3/h6-9,16,18H,4-5,10-11H2,1-3H3,(H,17,19). The predicted molar refractivity (Wildman–Crippen MR) is 81.1 cm³/mol. The lowest BCUT2D eigenvalue weighted by atomic mass is 9.83. The molecule has 3 N–H and O–H groups in total. The Bertz CT molecular complexity index is 405. The molecule has 0 spiro atoms. The number of anilines is 2. The van der Waals surface area contributed by atoms with Crippen molar-refractivity contribution in [1.82, 2.24) is 0 Å². The summed E-state index contributed by atoms with van der Waals surface area (Å²) in [5.74, 6) is 0. The number of amides is 1. The highest BCUT2D eigenvalue weighted by Gasteiger charge is 2.24. The number of hydrogen-bond donors (Lipinski definition) is 3. The van der Waals surface area contributed by atoms with Crippen molar-refractivity contribution in [2.75, 3.05) is 30.9 Å². The Balaban J connectivity index is 2.59. The molecule has 5 nitrogen and oxygen atoms in total. The molecule has 112 valence electrons. The van der Waals surface area contributed by atoms with Gasteiger partial charge in [0.15, 0.2) is 0 Å². The Labute approximate surface area is 120 Å². The van der Waals surface area contributed by atoms with Crippen molar-refractivity contribution >= 4 is 17.5 Å². The van der Waals surface area contributed by atoms with Gasteiger partial charge in [0.25, 0.3) is 0 Å². The van der Waals surface area contributed by atoms with E-state index in [4.69, 9.17) is 0 Å². The molecular formula is C15H24N2O3. The molecule has 0 fully saturated rings. The second-order valence-electron chi connectivity index (χ2n) is 4.91. The molecule has 1 amide bonds. The zero-order valence-corrected chi connectivity index (χ0v) is 12.4. The van der Waals surface area contributed by atoms with Gasteiger partial charge in [-0.25, -0.2) is 4.79 Å². The summed E-state index contributed by atoms with van der Waals surface area (Å²) < 4.78 is 4.53. The normalized spacial score (nSPS) is 11.0. The summed E-state index contributed by atoms with van der Waals surface area (Å²) in [6.45, 7) is 5.07. The lowest BCUT2D eigenvalue weighted by Gasteiger charge is -2.30. The second-order valence-corrected chi connectivity index (χ2v) is 4.91. The van der Waals surface area contributed by atoms with Crippen molar-refractivity contribution in [2.24, 2.45) is 5.41 Å². The van der Waals surface area contributed by atoms with Crippen LogP contribution in [0.4, 0.5) is 16.2 Å². The highest BCUT2D eigenvalue weighted by Crippen LogP contribution is 2.26. The molecule has 0 saturated heterocycles. The number of benzene rings is 1. The predicted octanol–water partition coefficient (Wildman–Crippen LogP) is 3.08. The van der Waals surface area contributed by atoms with E-state index in [1.165, 1.54) is 7.11 Å². The van der Waals surface area contributed by atoms with E-state index < -0.39 is 6.09 Å². The van der Waals surface area contributed by atoms with Crippen LogP contribution in [-0.2, 0) is 4.74 Å². The van der Waals surface area contributed by atoms with Crippen molar-refractivity contribution < 1.29 is 14.6 Å². The van der Waals surface area contributed by atoms with Crippen LogP contribution in [-0.4, -0.2) is 31.5 Å². The molecule has 5 heteroatoms. The van der Waals surface area contributed by atoms with Gasteiger partial charge in [-0.3, -0.25) is 5.32 Å². The van der Waals surface area contributed by atoms with Gasteiger partial charge in [0, 0.05) is 23.3 Å². The van der Waals surface area contributed by atoms with Crippen LogP contribution in [0.2, 0.25) is 0 Å². The second kappa shape index (κ2) is 7.75. The van der Waals surface area contributed by atoms with Gasteiger partial charge in [0.2, 0.25) is 0 Å². The summed E-state index contributed by atoms with van der Waals surface area (Å²) in [6.07, 6.45) is 1.37. The molecule has 20 heavy (non-hydrogen) atoms. The third-order valence-electron chi connectivity index (χ3n) is 3.82. The van der Waals surface area contributed by atoms with Gasteiger partial charge in [-0.15, -0.1) is 0 Å². The minimum absolute atomic E-state index is 0.0804. The van der Waals surface area contributed by atoms with Gasteiger partial charge in [0.05, 0.1) is 13.7 Å². The maximum Gasteiger partial charge on any atom is 0.411 e. The van der Waals surface area contributed by atoms with E-state index in [1.54, 1.807) is 12.1 Å². The van der Waals surface area contributed by atoms with E-state index in [1.807, 2.05) is 12.1 Å². The van der Waals surface area contributed by atoms with Crippen molar-refractivity contribution in [1.29, 1.82) is 0 Å². The molecule has 0 unspecified atom stereocenters. The number of ether oxygens (including phenoxy) is 1. The van der Waals surface area contributed by atoms with Gasteiger partial charge in [-0.05, 0) is 37.1 Å². The molecule has 0 aliphatic rings. The lowest BCUT2D eigenvalue weighted by Crippen LogP contribution is -2.32. The highest BCUT2D eigenvalue weighted by molar-refractivity contribution is 5.84. The fourth-order valence-electron chi connectivity index (χ4n) is 1.91. The van der Waals surface area contributed by atoms with Gasteiger partial charge in [-0.1, -0.05) is 13.8 Å². The average molecular weight is 280 g/mol. The number of rotatable bonds is 7. The van der Waals surface area contributed by atoms with Crippen LogP contribution in [0.5, 0.6) is 0 Å². The Hall–Kier alpha value is -1.75. The number of carbonyl (C=O) groups is 1. The summed E-state index contributed by atoms with van der Waals surface area (Å²) in [7, 11) is 1.33. The largest absolute Gasteiger partial charge is 0.453 e. The fraction of sp³-hybridized carbons (Fsp3) is 0.533. The molecule has 0 heterocycles. The molecule has 1 rings (SSSR count). The van der Waals surface area contributed by atoms with Gasteiger partial charge in [-0.2, -0.15) is 0 Å². The van der Waals surface area contributed by atoms with Crippen LogP contribution in [0, 0.1) is 5.41 Å². The van der Waals surface area contributed by atoms with E-state index in [-0.39, 0.29) is 12.0 Å². The Morgan fingerprint density at radius 1 is 1.20 bits per heavy atom. The number of methoxy groups -OCH3 is 1. The first-order valence-electron chi connectivity index (χ1n) is 6.89. The van der Waals surface area contributed by atoms with Crippen molar-refractivity contribution in [3.05, 3.63) is 24.3 Å². The smallest absolute Gasteiger partial charge is 0.411 e. The van der Waals surface area contributed by atoms with Crippen LogP contribution in [0.3, 0.4) is 0 Å². The zero-order chi connectivity index (χ0) is 15.0. The van der Waals surface area contributed by atoms with E-state index in [0.29, 0.717) is 5.69 Å². The molecule has 0 aliphatic carbocycles. The van der Waals surface area contributed by atoms with Gasteiger partial charge < -0.3 is 15.2 Å². The van der Waals surface area contributed by atoms with Crippen molar-refractivity contribution in [3.8, 4) is 0 Å². The Morgan fingerprint density at radius 3 is 2.20 bits per heavy atom. The summed E-state index contributed by atoms with van der Waals surface area (Å²) >= 11 is 0. The molecule has 0 aromatic heterocycles. The van der Waals surface area contributed by atoms with Crippen molar-refractivity contribution in [3.63, 3.8) is 0 Å². The molecular weight excluding hydrogens is 256 g/mol. The average Bonchev–Trinajstić information content (AvgIpc) is 2.50. The SMILES string of the molecule is CCC(CC)(CO)CNc1ccc(NC(=O)OC)cc1. The molecule has 0 bridgehead atoms. The quantitative estimate of drug-likeness (QED) is 0.718. The fourth-order valence-corrected chi connectivity index (χ4v) is 1.91. The monoisotopic (exact) mass is 280 g/mol. The van der Waals surface area contributed by atoms with Crippen LogP contribution >= 0.6 is 0 Å². The Kier molecular flexibility index (Phi) is 6.31. The minimum Gasteiger partial charge on any atom is -0.453 e. The number of hydrogen-bond acceptors (Lipinski definition) is 4. The van der Waals surface area contributed by atoms with Crippen LogP contribution in [0.1, 0.15) is 26.7 Å². The topological polar surface area (TPSA) is 70.6 Å². The van der Waals surface area contributed by atoms with Gasteiger partial charge in [0.1, 0.15) is 0 Å². The molecule has 1 aromatic carbocycles. The Morgan fingerprint density at radius 2 is 1.75 bits per heavy atom. The number of nitrogens with one attached hydrogen (secondary N) is 2.